The smallest absolute Gasteiger partial charge is 0.251 e. The van der Waals surface area contributed by atoms with Crippen LogP contribution in [0.4, 0.5) is 4.39 Å². The predicted octanol–water partition coefficient (Wildman–Crippen LogP) is 4.53. The molecule has 1 aliphatic carbocycles. The van der Waals surface area contributed by atoms with Gasteiger partial charge in [0.15, 0.2) is 0 Å². The molecule has 0 spiro atoms. The van der Waals surface area contributed by atoms with Crippen LogP contribution >= 0.6 is 15.9 Å². The van der Waals surface area contributed by atoms with Gasteiger partial charge in [-0.15, -0.1) is 0 Å². The Morgan fingerprint density at radius 3 is 2.67 bits per heavy atom. The highest BCUT2D eigenvalue weighted by molar-refractivity contribution is 9.10. The number of amides is 1. The monoisotopic (exact) mass is 386 g/mol. The van der Waals surface area contributed by atoms with Gasteiger partial charge in [-0.25, -0.2) is 4.39 Å². The number of fused-ring (bicyclic) bond motifs is 1. The Balaban J connectivity index is 1.54. The third-order valence-corrected chi connectivity index (χ3v) is 5.29. The lowest BCUT2D eigenvalue weighted by molar-refractivity contribution is 0.0949. The molecule has 1 amide bonds. The zero-order valence-corrected chi connectivity index (χ0v) is 14.5. The van der Waals surface area contributed by atoms with Gasteiger partial charge >= 0.3 is 0 Å². The summed E-state index contributed by atoms with van der Waals surface area (Å²) in [5, 5.41) is 3.93. The molecule has 2 N–H and O–H groups in total. The molecule has 24 heavy (non-hydrogen) atoms. The van der Waals surface area contributed by atoms with E-state index in [4.69, 9.17) is 0 Å². The number of H-pyrrole nitrogens is 1. The Kier molecular flexibility index (Phi) is 3.68. The second kappa shape index (κ2) is 5.74. The molecule has 1 fully saturated rings. The number of nitrogens with one attached hydrogen (secondary N) is 2. The van der Waals surface area contributed by atoms with Crippen LogP contribution < -0.4 is 5.32 Å². The molecule has 122 valence electrons. The lowest BCUT2D eigenvalue weighted by Gasteiger charge is -2.16. The number of halogens is 2. The quantitative estimate of drug-likeness (QED) is 0.679. The first kappa shape index (κ1) is 15.4. The predicted molar refractivity (Wildman–Crippen MR) is 95.6 cm³/mol. The van der Waals surface area contributed by atoms with Crippen molar-refractivity contribution in [1.82, 2.24) is 10.3 Å². The van der Waals surface area contributed by atoms with Gasteiger partial charge in [0.25, 0.3) is 5.91 Å². The van der Waals surface area contributed by atoms with Gasteiger partial charge in [-0.3, -0.25) is 4.79 Å². The first-order valence-corrected chi connectivity index (χ1v) is 8.68. The number of carbonyl (C=O) groups is 1. The second-order valence-corrected chi connectivity index (χ2v) is 7.28. The summed E-state index contributed by atoms with van der Waals surface area (Å²) in [6.45, 7) is 0.561. The minimum Gasteiger partial charge on any atom is -0.361 e. The Morgan fingerprint density at radius 2 is 1.96 bits per heavy atom. The third-order valence-electron chi connectivity index (χ3n) is 4.76. The van der Waals surface area contributed by atoms with Crippen molar-refractivity contribution < 1.29 is 9.18 Å². The number of rotatable bonds is 4. The average Bonchev–Trinajstić information content (AvgIpc) is 3.25. The standard InChI is InChI=1S/C19H16BrFN2O/c20-13-3-1-12(2-4-13)18(24)23-11-19(7-8-19)16-10-22-17-6-5-14(21)9-15(16)17/h1-6,9-10,22H,7-8,11H2,(H,23,24). The highest BCUT2D eigenvalue weighted by atomic mass is 79.9. The van der Waals surface area contributed by atoms with Crippen LogP contribution in [0.5, 0.6) is 0 Å². The molecule has 3 nitrogen and oxygen atoms in total. The summed E-state index contributed by atoms with van der Waals surface area (Å²) >= 11 is 3.36. The maximum Gasteiger partial charge on any atom is 0.251 e. The van der Waals surface area contributed by atoms with Crippen LogP contribution in [-0.2, 0) is 5.41 Å². The topological polar surface area (TPSA) is 44.9 Å². The zero-order chi connectivity index (χ0) is 16.7. The first-order chi connectivity index (χ1) is 11.6. The summed E-state index contributed by atoms with van der Waals surface area (Å²) in [4.78, 5) is 15.5. The van der Waals surface area contributed by atoms with Crippen LogP contribution in [0, 0.1) is 5.82 Å². The van der Waals surface area contributed by atoms with E-state index in [0.29, 0.717) is 12.1 Å². The SMILES string of the molecule is O=C(NCC1(c2c[nH]c3ccc(F)cc23)CC1)c1ccc(Br)cc1. The molecule has 1 aliphatic rings. The van der Waals surface area contributed by atoms with E-state index >= 15 is 0 Å². The molecule has 0 atom stereocenters. The third kappa shape index (κ3) is 2.73. The summed E-state index contributed by atoms with van der Waals surface area (Å²) in [6.07, 6.45) is 3.94. The van der Waals surface area contributed by atoms with E-state index in [-0.39, 0.29) is 17.1 Å². The molecule has 1 saturated carbocycles. The fraction of sp³-hybridized carbons (Fsp3) is 0.211. The molecule has 5 heteroatoms. The van der Waals surface area contributed by atoms with Gasteiger partial charge in [-0.05, 0) is 60.9 Å². The van der Waals surface area contributed by atoms with Gasteiger partial charge in [0.1, 0.15) is 5.82 Å². The van der Waals surface area contributed by atoms with Crippen LogP contribution in [0.2, 0.25) is 0 Å². The van der Waals surface area contributed by atoms with Gasteiger partial charge in [0.05, 0.1) is 0 Å². The highest BCUT2D eigenvalue weighted by Crippen LogP contribution is 2.50. The minimum absolute atomic E-state index is 0.0835. The van der Waals surface area contributed by atoms with Gasteiger partial charge in [0.2, 0.25) is 0 Å². The van der Waals surface area contributed by atoms with Crippen molar-refractivity contribution in [3.05, 3.63) is 70.1 Å². The molecule has 1 aromatic heterocycles. The van der Waals surface area contributed by atoms with Crippen molar-refractivity contribution in [2.24, 2.45) is 0 Å². The van der Waals surface area contributed by atoms with Gasteiger partial charge < -0.3 is 10.3 Å². The summed E-state index contributed by atoms with van der Waals surface area (Å²) in [6, 6.07) is 12.1. The average molecular weight is 387 g/mol. The van der Waals surface area contributed by atoms with E-state index in [1.165, 1.54) is 6.07 Å². The molecule has 4 rings (SSSR count). The number of hydrogen-bond acceptors (Lipinski definition) is 1. The molecular formula is C19H16BrFN2O. The molecule has 0 bridgehead atoms. The minimum atomic E-state index is -0.238. The summed E-state index contributed by atoms with van der Waals surface area (Å²) in [5.74, 6) is -0.321. The largest absolute Gasteiger partial charge is 0.361 e. The zero-order valence-electron chi connectivity index (χ0n) is 12.9. The Hall–Kier alpha value is -2.14. The Morgan fingerprint density at radius 1 is 1.21 bits per heavy atom. The van der Waals surface area contributed by atoms with Crippen LogP contribution in [0.3, 0.4) is 0 Å². The van der Waals surface area contributed by atoms with E-state index in [1.807, 2.05) is 18.3 Å². The van der Waals surface area contributed by atoms with Gasteiger partial charge in [0, 0.05) is 39.1 Å². The highest BCUT2D eigenvalue weighted by Gasteiger charge is 2.45. The molecule has 0 radical (unpaired) electrons. The number of hydrogen-bond donors (Lipinski definition) is 2. The Bertz CT molecular complexity index is 913. The molecule has 0 saturated heterocycles. The fourth-order valence-electron chi connectivity index (χ4n) is 3.18. The number of benzene rings is 2. The van der Waals surface area contributed by atoms with Crippen molar-refractivity contribution in [2.45, 2.75) is 18.3 Å². The molecule has 2 aromatic carbocycles. The molecular weight excluding hydrogens is 371 g/mol. The molecule has 0 unspecified atom stereocenters. The number of aromatic amines is 1. The van der Waals surface area contributed by atoms with E-state index in [2.05, 4.69) is 26.2 Å². The summed E-state index contributed by atoms with van der Waals surface area (Å²) in [7, 11) is 0. The molecule has 0 aliphatic heterocycles. The molecule has 3 aromatic rings. The van der Waals surface area contributed by atoms with Crippen LogP contribution in [0.1, 0.15) is 28.8 Å². The number of carbonyl (C=O) groups excluding carboxylic acids is 1. The maximum atomic E-state index is 13.6. The van der Waals surface area contributed by atoms with Crippen molar-refractivity contribution in [3.8, 4) is 0 Å². The van der Waals surface area contributed by atoms with Crippen molar-refractivity contribution >= 4 is 32.7 Å². The summed E-state index contributed by atoms with van der Waals surface area (Å²) in [5.41, 5.74) is 2.57. The summed E-state index contributed by atoms with van der Waals surface area (Å²) < 4.78 is 14.5. The van der Waals surface area contributed by atoms with Gasteiger partial charge in [-0.2, -0.15) is 0 Å². The second-order valence-electron chi connectivity index (χ2n) is 6.36. The Labute approximate surface area is 147 Å². The van der Waals surface area contributed by atoms with Crippen molar-refractivity contribution in [2.75, 3.05) is 6.54 Å². The van der Waals surface area contributed by atoms with E-state index in [1.54, 1.807) is 24.3 Å². The molecule has 1 heterocycles. The van der Waals surface area contributed by atoms with Crippen molar-refractivity contribution in [3.63, 3.8) is 0 Å². The first-order valence-electron chi connectivity index (χ1n) is 7.88. The van der Waals surface area contributed by atoms with E-state index in [9.17, 15) is 9.18 Å². The maximum absolute atomic E-state index is 13.6. The normalized spacial score (nSPS) is 15.4. The lowest BCUT2D eigenvalue weighted by atomic mass is 9.95. The van der Waals surface area contributed by atoms with Crippen molar-refractivity contribution in [1.29, 1.82) is 0 Å². The van der Waals surface area contributed by atoms with E-state index in [0.717, 1.165) is 33.8 Å². The number of aromatic nitrogens is 1. The van der Waals surface area contributed by atoms with Crippen LogP contribution in [-0.4, -0.2) is 17.4 Å². The van der Waals surface area contributed by atoms with E-state index < -0.39 is 0 Å². The van der Waals surface area contributed by atoms with Gasteiger partial charge in [-0.1, -0.05) is 15.9 Å². The lowest BCUT2D eigenvalue weighted by Crippen LogP contribution is -2.32. The fourth-order valence-corrected chi connectivity index (χ4v) is 3.44. The van der Waals surface area contributed by atoms with Crippen LogP contribution in [0.25, 0.3) is 10.9 Å². The van der Waals surface area contributed by atoms with Crippen LogP contribution in [0.15, 0.2) is 53.1 Å².